The number of aromatic nitrogens is 5. The molecule has 2 aromatic carbocycles. The van der Waals surface area contributed by atoms with Crippen molar-refractivity contribution in [1.29, 1.82) is 0 Å². The number of aromatic carboxylic acids is 1. The Balaban J connectivity index is 1.54. The number of halogens is 2. The number of imidazole rings is 1. The fourth-order valence-corrected chi connectivity index (χ4v) is 3.94. The lowest BCUT2D eigenvalue weighted by Gasteiger charge is -2.07. The number of carboxylic acid groups (broad SMARTS) is 1. The zero-order valence-electron chi connectivity index (χ0n) is 20.4. The van der Waals surface area contributed by atoms with E-state index >= 15 is 0 Å². The Kier molecular flexibility index (Phi) is 7.37. The highest BCUT2D eigenvalue weighted by Crippen LogP contribution is 2.32. The van der Waals surface area contributed by atoms with Crippen molar-refractivity contribution in [2.24, 2.45) is 5.73 Å². The zero-order valence-corrected chi connectivity index (χ0v) is 20.4. The molecule has 0 spiro atoms. The maximum atomic E-state index is 13.4. The molecule has 3 aromatic heterocycles. The predicted octanol–water partition coefficient (Wildman–Crippen LogP) is 4.67. The van der Waals surface area contributed by atoms with Crippen LogP contribution in [0.5, 0.6) is 5.88 Å². The number of pyridine rings is 1. The van der Waals surface area contributed by atoms with Gasteiger partial charge in [-0.2, -0.15) is 0 Å². The highest BCUT2D eigenvalue weighted by molar-refractivity contribution is 5.89. The minimum Gasteiger partial charge on any atom is -0.478 e. The van der Waals surface area contributed by atoms with E-state index in [0.29, 0.717) is 58.5 Å². The monoisotopic (exact) mass is 531 g/mol. The number of fused-ring (bicyclic) bond motifs is 1. The fourth-order valence-electron chi connectivity index (χ4n) is 3.94. The number of carbonyl (C=O) groups is 1. The third kappa shape index (κ3) is 5.80. The van der Waals surface area contributed by atoms with Gasteiger partial charge >= 0.3 is 5.97 Å². The van der Waals surface area contributed by atoms with Crippen LogP contribution in [-0.2, 0) is 6.54 Å². The number of alkyl halides is 2. The van der Waals surface area contributed by atoms with Crippen molar-refractivity contribution in [3.05, 3.63) is 83.9 Å². The van der Waals surface area contributed by atoms with Crippen LogP contribution in [-0.4, -0.2) is 49.1 Å². The number of ether oxygens (including phenoxy) is 1. The molecule has 0 aliphatic heterocycles. The fraction of sp³-hybridized carbons (Fsp3) is 0.148. The van der Waals surface area contributed by atoms with Crippen LogP contribution < -0.4 is 15.8 Å². The number of hydrogen-bond acceptors (Lipinski definition) is 8. The van der Waals surface area contributed by atoms with Crippen LogP contribution in [0.3, 0.4) is 0 Å². The lowest BCUT2D eigenvalue weighted by atomic mass is 10.1. The molecule has 0 bridgehead atoms. The van der Waals surface area contributed by atoms with Crippen molar-refractivity contribution in [1.82, 2.24) is 24.9 Å². The molecule has 5 rings (SSSR count). The van der Waals surface area contributed by atoms with E-state index < -0.39 is 12.4 Å². The number of nitrogens with one attached hydrogen (secondary N) is 2. The Bertz CT molecular complexity index is 1640. The molecule has 0 saturated carbocycles. The number of H-pyrrole nitrogens is 1. The van der Waals surface area contributed by atoms with Gasteiger partial charge in [-0.05, 0) is 42.5 Å². The number of carboxylic acids is 1. The van der Waals surface area contributed by atoms with Crippen LogP contribution in [0.25, 0.3) is 33.7 Å². The molecular weight excluding hydrogens is 508 g/mol. The Morgan fingerprint density at radius 1 is 1.05 bits per heavy atom. The average Bonchev–Trinajstić information content (AvgIpc) is 3.39. The van der Waals surface area contributed by atoms with Crippen molar-refractivity contribution in [3.63, 3.8) is 0 Å². The molecule has 3 heterocycles. The summed E-state index contributed by atoms with van der Waals surface area (Å²) in [6.45, 7) is 0.830. The molecule has 0 amide bonds. The molecule has 198 valence electrons. The van der Waals surface area contributed by atoms with Crippen LogP contribution >= 0.6 is 0 Å². The SMILES string of the molecule is NCCOc1cnc2ccc(-c3[nH]c(CNc4cccc(C(=O)O)c4)nc3-c3cccc(C(F)F)n3)cc2n1. The quantitative estimate of drug-likeness (QED) is 0.201. The van der Waals surface area contributed by atoms with Crippen LogP contribution in [0.1, 0.15) is 28.3 Å². The standard InChI is InChI=1S/C27H23F2N7O3/c28-26(29)20-6-2-5-19(33-20)25-24(15-7-8-18-21(12-15)34-23(14-32-18)39-10-9-30)35-22(36-25)13-31-17-4-1-3-16(11-17)27(37)38/h1-8,11-12,14,26,31H,9-10,13,30H2,(H,35,36)(H,37,38). The first kappa shape index (κ1) is 25.7. The van der Waals surface area contributed by atoms with Crippen molar-refractivity contribution in [2.45, 2.75) is 13.0 Å². The molecule has 0 radical (unpaired) electrons. The highest BCUT2D eigenvalue weighted by atomic mass is 19.3. The van der Waals surface area contributed by atoms with Gasteiger partial charge in [0.2, 0.25) is 5.88 Å². The first-order valence-electron chi connectivity index (χ1n) is 11.9. The molecule has 0 aliphatic carbocycles. The number of nitrogens with two attached hydrogens (primary N) is 1. The second-order valence-electron chi connectivity index (χ2n) is 8.44. The molecule has 0 aliphatic rings. The summed E-state index contributed by atoms with van der Waals surface area (Å²) in [5.41, 5.74) is 8.92. The average molecular weight is 532 g/mol. The molecule has 0 saturated heterocycles. The molecular formula is C27H23F2N7O3. The molecule has 0 unspecified atom stereocenters. The molecule has 5 N–H and O–H groups in total. The Morgan fingerprint density at radius 2 is 1.90 bits per heavy atom. The molecule has 12 heteroatoms. The van der Waals surface area contributed by atoms with Gasteiger partial charge < -0.3 is 25.9 Å². The molecule has 39 heavy (non-hydrogen) atoms. The summed E-state index contributed by atoms with van der Waals surface area (Å²) in [6.07, 6.45) is -1.22. The minimum absolute atomic E-state index is 0.140. The molecule has 5 aromatic rings. The number of benzene rings is 2. The van der Waals surface area contributed by atoms with E-state index in [4.69, 9.17) is 10.5 Å². The lowest BCUT2D eigenvalue weighted by Crippen LogP contribution is -2.11. The molecule has 0 atom stereocenters. The van der Waals surface area contributed by atoms with E-state index in [0.717, 1.165) is 0 Å². The molecule has 0 fully saturated rings. The second-order valence-corrected chi connectivity index (χ2v) is 8.44. The van der Waals surface area contributed by atoms with E-state index in [1.54, 1.807) is 30.3 Å². The van der Waals surface area contributed by atoms with Gasteiger partial charge in [-0.1, -0.05) is 18.2 Å². The first-order chi connectivity index (χ1) is 18.9. The summed E-state index contributed by atoms with van der Waals surface area (Å²) >= 11 is 0. The van der Waals surface area contributed by atoms with Crippen LogP contribution in [0.15, 0.2) is 66.9 Å². The maximum Gasteiger partial charge on any atom is 0.335 e. The summed E-state index contributed by atoms with van der Waals surface area (Å²) in [6, 6.07) is 16.1. The zero-order chi connectivity index (χ0) is 27.4. The summed E-state index contributed by atoms with van der Waals surface area (Å²) < 4.78 is 32.3. The Labute approximate surface area is 220 Å². The van der Waals surface area contributed by atoms with E-state index in [-0.39, 0.29) is 23.5 Å². The summed E-state index contributed by atoms with van der Waals surface area (Å²) in [4.78, 5) is 32.2. The largest absolute Gasteiger partial charge is 0.478 e. The third-order valence-electron chi connectivity index (χ3n) is 5.74. The van der Waals surface area contributed by atoms with Crippen molar-refractivity contribution in [2.75, 3.05) is 18.5 Å². The number of hydrogen-bond donors (Lipinski definition) is 4. The lowest BCUT2D eigenvalue weighted by molar-refractivity contribution is 0.0697. The van der Waals surface area contributed by atoms with E-state index in [9.17, 15) is 18.7 Å². The van der Waals surface area contributed by atoms with Crippen LogP contribution in [0.4, 0.5) is 14.5 Å². The summed E-state index contributed by atoms with van der Waals surface area (Å²) in [5, 5.41) is 12.4. The highest BCUT2D eigenvalue weighted by Gasteiger charge is 2.18. The van der Waals surface area contributed by atoms with Crippen molar-refractivity contribution < 1.29 is 23.4 Å². The molecule has 10 nitrogen and oxygen atoms in total. The van der Waals surface area contributed by atoms with Gasteiger partial charge in [-0.25, -0.2) is 33.5 Å². The minimum atomic E-state index is -2.74. The number of rotatable bonds is 10. The van der Waals surface area contributed by atoms with Crippen molar-refractivity contribution >= 4 is 22.7 Å². The smallest absolute Gasteiger partial charge is 0.335 e. The summed E-state index contributed by atoms with van der Waals surface area (Å²) in [5.74, 6) is -0.229. The third-order valence-corrected chi connectivity index (χ3v) is 5.74. The van der Waals surface area contributed by atoms with Crippen molar-refractivity contribution in [3.8, 4) is 28.5 Å². The van der Waals surface area contributed by atoms with Gasteiger partial charge in [0.1, 0.15) is 23.8 Å². The van der Waals surface area contributed by atoms with E-state index in [1.807, 2.05) is 6.07 Å². The first-order valence-corrected chi connectivity index (χ1v) is 11.9. The van der Waals surface area contributed by atoms with E-state index in [1.165, 1.54) is 30.5 Å². The predicted molar refractivity (Wildman–Crippen MR) is 141 cm³/mol. The maximum absolute atomic E-state index is 13.4. The van der Waals surface area contributed by atoms with Crippen LogP contribution in [0.2, 0.25) is 0 Å². The van der Waals surface area contributed by atoms with Crippen LogP contribution in [0, 0.1) is 0 Å². The summed E-state index contributed by atoms with van der Waals surface area (Å²) in [7, 11) is 0. The van der Waals surface area contributed by atoms with E-state index in [2.05, 4.69) is 30.2 Å². The number of aromatic amines is 1. The van der Waals surface area contributed by atoms with Gasteiger partial charge in [0.05, 0.1) is 40.7 Å². The van der Waals surface area contributed by atoms with Gasteiger partial charge in [-0.15, -0.1) is 0 Å². The normalized spacial score (nSPS) is 11.2. The number of anilines is 1. The number of nitrogens with zero attached hydrogens (tertiary/aromatic N) is 4. The van der Waals surface area contributed by atoms with Gasteiger partial charge in [0.15, 0.2) is 0 Å². The van der Waals surface area contributed by atoms with Gasteiger partial charge in [0, 0.05) is 17.8 Å². The van der Waals surface area contributed by atoms with Gasteiger partial charge in [-0.3, -0.25) is 0 Å². The Morgan fingerprint density at radius 3 is 2.69 bits per heavy atom. The Hall–Kier alpha value is -4.97. The van der Waals surface area contributed by atoms with Gasteiger partial charge in [0.25, 0.3) is 6.43 Å². The second kappa shape index (κ2) is 11.2. The topological polar surface area (TPSA) is 152 Å².